The normalized spacial score (nSPS) is 11.8. The van der Waals surface area contributed by atoms with Gasteiger partial charge in [0.15, 0.2) is 6.61 Å². The minimum absolute atomic E-state index is 0.0648. The Morgan fingerprint density at radius 3 is 2.65 bits per heavy atom. The number of carbonyl (C=O) groups excluding carboxylic acids is 1. The summed E-state index contributed by atoms with van der Waals surface area (Å²) in [4.78, 5) is 11.8. The van der Waals surface area contributed by atoms with Crippen molar-refractivity contribution in [1.29, 1.82) is 5.26 Å². The number of ether oxygens (including phenoxy) is 1. The predicted molar refractivity (Wildman–Crippen MR) is 78.3 cm³/mol. The Morgan fingerprint density at radius 2 is 2.00 bits per heavy atom. The third kappa shape index (κ3) is 5.75. The number of para-hydroxylation sites is 1. The summed E-state index contributed by atoms with van der Waals surface area (Å²) in [6, 6.07) is 9.07. The minimum atomic E-state index is -0.158. The standard InChI is InChI=1S/C16H22N2O2/c1-12(2)8-9-13(3)18-16(19)11-20-15-7-5-4-6-14(15)10-17/h4-7,12-13H,8-9,11H2,1-3H3,(H,18,19)/t13-/m0/s1. The molecule has 1 atom stereocenters. The van der Waals surface area contributed by atoms with Gasteiger partial charge < -0.3 is 10.1 Å². The second kappa shape index (κ2) is 8.21. The Labute approximate surface area is 120 Å². The molecule has 0 heterocycles. The molecule has 0 radical (unpaired) electrons. The maximum Gasteiger partial charge on any atom is 0.258 e. The van der Waals surface area contributed by atoms with E-state index in [9.17, 15) is 4.79 Å². The second-order valence-electron chi connectivity index (χ2n) is 5.34. The van der Waals surface area contributed by atoms with Crippen molar-refractivity contribution in [3.63, 3.8) is 0 Å². The van der Waals surface area contributed by atoms with Crippen molar-refractivity contribution in [2.24, 2.45) is 5.92 Å². The lowest BCUT2D eigenvalue weighted by Gasteiger charge is -2.15. The molecule has 0 aromatic heterocycles. The molecule has 1 rings (SSSR count). The van der Waals surface area contributed by atoms with Gasteiger partial charge in [-0.1, -0.05) is 26.0 Å². The Hall–Kier alpha value is -2.02. The average Bonchev–Trinajstić information content (AvgIpc) is 2.43. The van der Waals surface area contributed by atoms with Crippen molar-refractivity contribution in [1.82, 2.24) is 5.32 Å². The monoisotopic (exact) mass is 274 g/mol. The highest BCUT2D eigenvalue weighted by Crippen LogP contribution is 2.16. The number of amides is 1. The fourth-order valence-electron chi connectivity index (χ4n) is 1.80. The van der Waals surface area contributed by atoms with Crippen LogP contribution in [-0.2, 0) is 4.79 Å². The molecule has 0 bridgehead atoms. The van der Waals surface area contributed by atoms with Gasteiger partial charge in [-0.2, -0.15) is 5.26 Å². The van der Waals surface area contributed by atoms with Crippen molar-refractivity contribution in [2.75, 3.05) is 6.61 Å². The van der Waals surface area contributed by atoms with E-state index < -0.39 is 0 Å². The first-order valence-corrected chi connectivity index (χ1v) is 6.94. The van der Waals surface area contributed by atoms with Gasteiger partial charge in [0.1, 0.15) is 11.8 Å². The van der Waals surface area contributed by atoms with E-state index in [0.29, 0.717) is 17.2 Å². The van der Waals surface area contributed by atoms with Gasteiger partial charge in [0.05, 0.1) is 5.56 Å². The summed E-state index contributed by atoms with van der Waals surface area (Å²) >= 11 is 0. The topological polar surface area (TPSA) is 62.1 Å². The van der Waals surface area contributed by atoms with Gasteiger partial charge in [0.25, 0.3) is 5.91 Å². The summed E-state index contributed by atoms with van der Waals surface area (Å²) in [6.07, 6.45) is 2.04. The van der Waals surface area contributed by atoms with Crippen molar-refractivity contribution < 1.29 is 9.53 Å². The Bertz CT molecular complexity index is 478. The van der Waals surface area contributed by atoms with Crippen molar-refractivity contribution in [2.45, 2.75) is 39.7 Å². The highest BCUT2D eigenvalue weighted by Gasteiger charge is 2.10. The molecular formula is C16H22N2O2. The number of nitrogens with zero attached hydrogens (tertiary/aromatic N) is 1. The number of rotatable bonds is 7. The molecule has 0 saturated carbocycles. The Morgan fingerprint density at radius 1 is 1.30 bits per heavy atom. The quantitative estimate of drug-likeness (QED) is 0.831. The molecule has 1 aromatic rings. The van der Waals surface area contributed by atoms with Crippen LogP contribution in [0.1, 0.15) is 39.2 Å². The molecule has 0 aliphatic heterocycles. The van der Waals surface area contributed by atoms with E-state index in [1.54, 1.807) is 24.3 Å². The Kier molecular flexibility index (Phi) is 6.58. The lowest BCUT2D eigenvalue weighted by atomic mass is 10.0. The molecule has 0 aliphatic rings. The van der Waals surface area contributed by atoms with E-state index in [-0.39, 0.29) is 18.6 Å². The smallest absolute Gasteiger partial charge is 0.258 e. The molecule has 1 amide bonds. The molecule has 1 N–H and O–H groups in total. The van der Waals surface area contributed by atoms with Gasteiger partial charge in [0, 0.05) is 6.04 Å². The first-order chi connectivity index (χ1) is 9.52. The average molecular weight is 274 g/mol. The van der Waals surface area contributed by atoms with Crippen LogP contribution in [0.25, 0.3) is 0 Å². The van der Waals surface area contributed by atoms with Crippen LogP contribution in [0, 0.1) is 17.2 Å². The summed E-state index contributed by atoms with van der Waals surface area (Å²) in [7, 11) is 0. The molecular weight excluding hydrogens is 252 g/mol. The zero-order valence-corrected chi connectivity index (χ0v) is 12.3. The SMILES string of the molecule is CC(C)CC[C@H](C)NC(=O)COc1ccccc1C#N. The Balaban J connectivity index is 2.38. The van der Waals surface area contributed by atoms with Crippen LogP contribution in [-0.4, -0.2) is 18.6 Å². The summed E-state index contributed by atoms with van der Waals surface area (Å²) in [5, 5.41) is 11.8. The summed E-state index contributed by atoms with van der Waals surface area (Å²) in [5.74, 6) is 0.919. The van der Waals surface area contributed by atoms with Crippen LogP contribution >= 0.6 is 0 Å². The maximum atomic E-state index is 11.8. The van der Waals surface area contributed by atoms with Crippen LogP contribution in [0.4, 0.5) is 0 Å². The van der Waals surface area contributed by atoms with E-state index in [2.05, 4.69) is 19.2 Å². The third-order valence-corrected chi connectivity index (χ3v) is 2.95. The first-order valence-electron chi connectivity index (χ1n) is 6.94. The number of benzene rings is 1. The van der Waals surface area contributed by atoms with E-state index >= 15 is 0 Å². The van der Waals surface area contributed by atoms with Gasteiger partial charge >= 0.3 is 0 Å². The molecule has 0 unspecified atom stereocenters. The molecule has 4 heteroatoms. The molecule has 0 aliphatic carbocycles. The lowest BCUT2D eigenvalue weighted by molar-refractivity contribution is -0.123. The fraction of sp³-hybridized carbons (Fsp3) is 0.500. The second-order valence-corrected chi connectivity index (χ2v) is 5.34. The van der Waals surface area contributed by atoms with Crippen molar-refractivity contribution in [3.8, 4) is 11.8 Å². The van der Waals surface area contributed by atoms with Crippen LogP contribution in [0.5, 0.6) is 5.75 Å². The van der Waals surface area contributed by atoms with Crippen LogP contribution in [0.3, 0.4) is 0 Å². The largest absolute Gasteiger partial charge is 0.482 e. The molecule has 0 saturated heterocycles. The van der Waals surface area contributed by atoms with E-state index in [4.69, 9.17) is 10.00 Å². The number of carbonyl (C=O) groups is 1. The van der Waals surface area contributed by atoms with Crippen LogP contribution in [0.2, 0.25) is 0 Å². The van der Waals surface area contributed by atoms with Crippen LogP contribution in [0.15, 0.2) is 24.3 Å². The lowest BCUT2D eigenvalue weighted by Crippen LogP contribution is -2.36. The van der Waals surface area contributed by atoms with Crippen molar-refractivity contribution >= 4 is 5.91 Å². The molecule has 1 aromatic carbocycles. The van der Waals surface area contributed by atoms with Gasteiger partial charge in [0.2, 0.25) is 0 Å². The van der Waals surface area contributed by atoms with Gasteiger partial charge in [-0.05, 0) is 37.8 Å². The highest BCUT2D eigenvalue weighted by atomic mass is 16.5. The zero-order chi connectivity index (χ0) is 15.0. The summed E-state index contributed by atoms with van der Waals surface area (Å²) < 4.78 is 5.38. The number of nitriles is 1. The van der Waals surface area contributed by atoms with Crippen LogP contribution < -0.4 is 10.1 Å². The van der Waals surface area contributed by atoms with Gasteiger partial charge in [-0.3, -0.25) is 4.79 Å². The third-order valence-electron chi connectivity index (χ3n) is 2.95. The predicted octanol–water partition coefficient (Wildman–Crippen LogP) is 2.88. The maximum absolute atomic E-state index is 11.8. The number of hydrogen-bond donors (Lipinski definition) is 1. The number of hydrogen-bond acceptors (Lipinski definition) is 3. The molecule has 0 spiro atoms. The van der Waals surface area contributed by atoms with E-state index in [1.165, 1.54) is 0 Å². The highest BCUT2D eigenvalue weighted by molar-refractivity contribution is 5.77. The number of nitrogens with one attached hydrogen (secondary N) is 1. The molecule has 20 heavy (non-hydrogen) atoms. The van der Waals surface area contributed by atoms with Crippen molar-refractivity contribution in [3.05, 3.63) is 29.8 Å². The fourth-order valence-corrected chi connectivity index (χ4v) is 1.80. The molecule has 4 nitrogen and oxygen atoms in total. The summed E-state index contributed by atoms with van der Waals surface area (Å²) in [6.45, 7) is 6.25. The van der Waals surface area contributed by atoms with Gasteiger partial charge in [-0.25, -0.2) is 0 Å². The van der Waals surface area contributed by atoms with Gasteiger partial charge in [-0.15, -0.1) is 0 Å². The zero-order valence-electron chi connectivity index (χ0n) is 12.3. The minimum Gasteiger partial charge on any atom is -0.482 e. The first kappa shape index (κ1) is 16.0. The van der Waals surface area contributed by atoms with E-state index in [0.717, 1.165) is 12.8 Å². The van der Waals surface area contributed by atoms with E-state index in [1.807, 2.05) is 13.0 Å². The molecule has 0 fully saturated rings. The molecule has 108 valence electrons. The summed E-state index contributed by atoms with van der Waals surface area (Å²) in [5.41, 5.74) is 0.438.